The van der Waals surface area contributed by atoms with E-state index in [1.807, 2.05) is 18.2 Å². The summed E-state index contributed by atoms with van der Waals surface area (Å²) in [6.45, 7) is 7.65. The Balaban J connectivity index is 1.47. The maximum Gasteiger partial charge on any atom is 0.335 e. The number of carbonyl (C=O) groups is 1. The highest BCUT2D eigenvalue weighted by Gasteiger charge is 2.34. The molecule has 1 N–H and O–H groups in total. The molecule has 0 unspecified atom stereocenters. The summed E-state index contributed by atoms with van der Waals surface area (Å²) < 4.78 is 23.3. The van der Waals surface area contributed by atoms with Crippen molar-refractivity contribution < 1.29 is 19.0 Å². The number of alkyl halides is 1. The molecule has 1 aliphatic carbocycles. The van der Waals surface area contributed by atoms with E-state index >= 15 is 4.39 Å². The highest BCUT2D eigenvalue weighted by molar-refractivity contribution is 6.30. The predicted molar refractivity (Wildman–Crippen MR) is 148 cm³/mol. The van der Waals surface area contributed by atoms with E-state index in [1.165, 1.54) is 0 Å². The van der Waals surface area contributed by atoms with Crippen LogP contribution in [0.1, 0.15) is 53.1 Å². The summed E-state index contributed by atoms with van der Waals surface area (Å²) in [4.78, 5) is 16.8. The second-order valence-corrected chi connectivity index (χ2v) is 11.3. The van der Waals surface area contributed by atoms with Gasteiger partial charge < -0.3 is 14.4 Å². The fourth-order valence-electron chi connectivity index (χ4n) is 6.60. The minimum Gasteiger partial charge on any atom is -0.478 e. The number of carboxylic acid groups (broad SMARTS) is 1. The van der Waals surface area contributed by atoms with Crippen LogP contribution in [0.5, 0.6) is 0 Å². The quantitative estimate of drug-likeness (QED) is 0.444. The summed E-state index contributed by atoms with van der Waals surface area (Å²) in [6, 6.07) is 11.4. The zero-order chi connectivity index (χ0) is 26.2. The third kappa shape index (κ3) is 4.97. The zero-order valence-electron chi connectivity index (χ0n) is 21.7. The second kappa shape index (κ2) is 11.0. The number of hydrogen-bond acceptors (Lipinski definition) is 4. The van der Waals surface area contributed by atoms with Gasteiger partial charge in [-0.05, 0) is 48.2 Å². The number of aromatic carboxylic acids is 1. The van der Waals surface area contributed by atoms with E-state index in [0.717, 1.165) is 105 Å². The van der Waals surface area contributed by atoms with E-state index in [-0.39, 0.29) is 11.5 Å². The highest BCUT2D eigenvalue weighted by atomic mass is 35.5. The van der Waals surface area contributed by atoms with Gasteiger partial charge in [0.2, 0.25) is 0 Å². The molecule has 6 rings (SSSR count). The average molecular weight is 540 g/mol. The monoisotopic (exact) mass is 539 g/mol. The molecule has 2 aliphatic heterocycles. The Morgan fingerprint density at radius 1 is 1.00 bits per heavy atom. The number of hydrogen-bond donors (Lipinski definition) is 1. The number of carboxylic acids is 1. The Hall–Kier alpha value is -2.45. The number of morpholine rings is 1. The van der Waals surface area contributed by atoms with E-state index in [1.54, 1.807) is 12.1 Å². The lowest BCUT2D eigenvalue weighted by molar-refractivity contribution is 0.0327. The molecule has 0 bridgehead atoms. The number of halogens is 2. The Labute approximate surface area is 227 Å². The number of rotatable bonds is 5. The zero-order valence-corrected chi connectivity index (χ0v) is 22.4. The lowest BCUT2D eigenvalue weighted by Crippen LogP contribution is -2.42. The molecule has 0 amide bonds. The lowest BCUT2D eigenvalue weighted by Gasteiger charge is -2.33. The van der Waals surface area contributed by atoms with Crippen LogP contribution in [0.3, 0.4) is 0 Å². The van der Waals surface area contributed by atoms with Crippen molar-refractivity contribution in [3.8, 4) is 11.3 Å². The second-order valence-electron chi connectivity index (χ2n) is 10.9. The van der Waals surface area contributed by atoms with Gasteiger partial charge in [-0.3, -0.25) is 9.80 Å². The molecule has 3 aliphatic rings. The van der Waals surface area contributed by atoms with Crippen molar-refractivity contribution in [2.24, 2.45) is 0 Å². The van der Waals surface area contributed by atoms with Crippen LogP contribution in [0.15, 0.2) is 36.4 Å². The molecule has 3 aromatic rings. The molecule has 38 heavy (non-hydrogen) atoms. The first-order chi connectivity index (χ1) is 18.5. The number of benzene rings is 2. The van der Waals surface area contributed by atoms with Crippen molar-refractivity contribution in [1.29, 1.82) is 0 Å². The molecule has 2 aromatic carbocycles. The molecule has 8 heteroatoms. The van der Waals surface area contributed by atoms with Crippen LogP contribution >= 0.6 is 11.6 Å². The van der Waals surface area contributed by atoms with Crippen molar-refractivity contribution in [3.05, 3.63) is 58.1 Å². The molecular weight excluding hydrogens is 505 g/mol. The summed E-state index contributed by atoms with van der Waals surface area (Å²) >= 11 is 6.52. The number of aromatic nitrogens is 1. The molecule has 1 aromatic heterocycles. The van der Waals surface area contributed by atoms with Crippen LogP contribution in [-0.2, 0) is 17.8 Å². The number of fused-ring (bicyclic) bond motifs is 5. The van der Waals surface area contributed by atoms with Crippen LogP contribution in [-0.4, -0.2) is 77.6 Å². The van der Waals surface area contributed by atoms with Gasteiger partial charge >= 0.3 is 5.97 Å². The van der Waals surface area contributed by atoms with Crippen molar-refractivity contribution in [3.63, 3.8) is 0 Å². The number of ether oxygens (including phenoxy) is 1. The topological polar surface area (TPSA) is 57.9 Å². The Bertz CT molecular complexity index is 1340. The van der Waals surface area contributed by atoms with E-state index in [9.17, 15) is 9.90 Å². The van der Waals surface area contributed by atoms with Crippen LogP contribution < -0.4 is 0 Å². The van der Waals surface area contributed by atoms with E-state index < -0.39 is 12.1 Å². The van der Waals surface area contributed by atoms with E-state index in [2.05, 4.69) is 20.4 Å². The van der Waals surface area contributed by atoms with Gasteiger partial charge in [0.15, 0.2) is 0 Å². The summed E-state index contributed by atoms with van der Waals surface area (Å²) in [5, 5.41) is 11.4. The van der Waals surface area contributed by atoms with Crippen molar-refractivity contribution in [2.45, 2.75) is 50.9 Å². The first kappa shape index (κ1) is 25.8. The van der Waals surface area contributed by atoms with E-state index in [4.69, 9.17) is 16.3 Å². The maximum atomic E-state index is 15.5. The van der Waals surface area contributed by atoms with Gasteiger partial charge in [0, 0.05) is 73.2 Å². The standard InChI is InChI=1S/C30H35ClFN3O3/c31-22-6-8-23-21(17-22)19-34(10-9-33-13-15-38-16-14-33)11-12-35-27-18-20(30(36)37)5-7-25(27)28(29(23)35)24-3-1-2-4-26(24)32/h5-8,17-18,24,26H,1-4,9-16,19H2,(H,36,37)/t24-,26-/m1/s1. The molecule has 0 radical (unpaired) electrons. The van der Waals surface area contributed by atoms with Gasteiger partial charge in [-0.15, -0.1) is 0 Å². The van der Waals surface area contributed by atoms with Gasteiger partial charge in [-0.2, -0.15) is 0 Å². The largest absolute Gasteiger partial charge is 0.478 e. The summed E-state index contributed by atoms with van der Waals surface area (Å²) in [5.41, 5.74) is 5.42. The molecule has 1 saturated carbocycles. The predicted octanol–water partition coefficient (Wildman–Crippen LogP) is 5.80. The van der Waals surface area contributed by atoms with Gasteiger partial charge in [0.05, 0.1) is 24.5 Å². The normalized spacial score (nSPS) is 23.0. The fourth-order valence-corrected chi connectivity index (χ4v) is 6.80. The Kier molecular flexibility index (Phi) is 7.45. The molecule has 0 spiro atoms. The first-order valence-corrected chi connectivity index (χ1v) is 14.2. The molecule has 202 valence electrons. The average Bonchev–Trinajstić information content (AvgIpc) is 3.22. The minimum atomic E-state index is -0.949. The molecule has 2 fully saturated rings. The Morgan fingerprint density at radius 2 is 1.79 bits per heavy atom. The SMILES string of the molecule is O=C(O)c1ccc2c([C@@H]3CCCC[C@H]3F)c3n(c2c1)CCN(CCN1CCOCC1)Cc1cc(Cl)ccc1-3. The van der Waals surface area contributed by atoms with Gasteiger partial charge in [0.25, 0.3) is 0 Å². The molecular formula is C30H35ClFN3O3. The molecule has 3 heterocycles. The minimum absolute atomic E-state index is 0.196. The maximum absolute atomic E-state index is 15.5. The fraction of sp³-hybridized carbons (Fsp3) is 0.500. The lowest BCUT2D eigenvalue weighted by atomic mass is 9.80. The van der Waals surface area contributed by atoms with Crippen molar-refractivity contribution in [2.75, 3.05) is 45.9 Å². The van der Waals surface area contributed by atoms with E-state index in [0.29, 0.717) is 18.0 Å². The Morgan fingerprint density at radius 3 is 2.58 bits per heavy atom. The van der Waals surface area contributed by atoms with Crippen LogP contribution in [0.25, 0.3) is 22.2 Å². The summed E-state index contributed by atoms with van der Waals surface area (Å²) in [5.74, 6) is -1.14. The van der Waals surface area contributed by atoms with Gasteiger partial charge in [-0.1, -0.05) is 36.6 Å². The van der Waals surface area contributed by atoms with Crippen LogP contribution in [0.4, 0.5) is 4.39 Å². The van der Waals surface area contributed by atoms with Crippen molar-refractivity contribution >= 4 is 28.5 Å². The molecule has 1 saturated heterocycles. The summed E-state index contributed by atoms with van der Waals surface area (Å²) in [6.07, 6.45) is 2.41. The first-order valence-electron chi connectivity index (χ1n) is 13.8. The van der Waals surface area contributed by atoms with Crippen LogP contribution in [0, 0.1) is 0 Å². The van der Waals surface area contributed by atoms with Gasteiger partial charge in [-0.25, -0.2) is 9.18 Å². The highest BCUT2D eigenvalue weighted by Crippen LogP contribution is 2.46. The third-order valence-corrected chi connectivity index (χ3v) is 8.83. The molecule has 2 atom stereocenters. The smallest absolute Gasteiger partial charge is 0.335 e. The van der Waals surface area contributed by atoms with Crippen LogP contribution in [0.2, 0.25) is 5.02 Å². The van der Waals surface area contributed by atoms with Gasteiger partial charge in [0.1, 0.15) is 6.17 Å². The van der Waals surface area contributed by atoms with Crippen molar-refractivity contribution in [1.82, 2.24) is 14.4 Å². The number of nitrogens with zero attached hydrogens (tertiary/aromatic N) is 3. The summed E-state index contributed by atoms with van der Waals surface area (Å²) in [7, 11) is 0. The third-order valence-electron chi connectivity index (χ3n) is 8.60. The molecule has 6 nitrogen and oxygen atoms in total.